The van der Waals surface area contributed by atoms with Gasteiger partial charge in [0.25, 0.3) is 10.0 Å². The molecular formula is C4H6BrN3O2S. The summed E-state index contributed by atoms with van der Waals surface area (Å²) in [7, 11) is -2.16. The third kappa shape index (κ3) is 1.60. The van der Waals surface area contributed by atoms with E-state index in [2.05, 4.69) is 21.0 Å². The predicted molar refractivity (Wildman–Crippen MR) is 42.3 cm³/mol. The Morgan fingerprint density at radius 2 is 2.27 bits per heavy atom. The Morgan fingerprint density at radius 3 is 2.45 bits per heavy atom. The molecule has 1 aromatic rings. The molecule has 0 unspecified atom stereocenters. The predicted octanol–water partition coefficient (Wildman–Crippen LogP) is -0.170. The molecule has 0 saturated carbocycles. The van der Waals surface area contributed by atoms with Gasteiger partial charge in [0, 0.05) is 7.05 Å². The van der Waals surface area contributed by atoms with Crippen molar-refractivity contribution < 1.29 is 8.42 Å². The minimum atomic E-state index is -3.67. The number of halogens is 1. The molecule has 0 saturated heterocycles. The monoisotopic (exact) mass is 239 g/mol. The quantitative estimate of drug-likeness (QED) is 0.740. The molecule has 7 heteroatoms. The molecule has 5 nitrogen and oxygen atoms in total. The normalized spacial score (nSPS) is 11.9. The lowest BCUT2D eigenvalue weighted by Crippen LogP contribution is -2.16. The summed E-state index contributed by atoms with van der Waals surface area (Å²) in [5.74, 6) is 0. The standard InChI is InChI=1S/C4H6BrN3O2S/c1-8-4(11(6,9)10)3(5)2-7-8/h2H,1H3,(H2,6,9,10). The summed E-state index contributed by atoms with van der Waals surface area (Å²) in [5.41, 5.74) is 0. The molecule has 0 aliphatic carbocycles. The van der Waals surface area contributed by atoms with Crippen LogP contribution in [0.5, 0.6) is 0 Å². The molecule has 0 aromatic carbocycles. The highest BCUT2D eigenvalue weighted by molar-refractivity contribution is 9.10. The van der Waals surface area contributed by atoms with Gasteiger partial charge in [0.2, 0.25) is 0 Å². The van der Waals surface area contributed by atoms with Gasteiger partial charge in [0.15, 0.2) is 5.03 Å². The van der Waals surface area contributed by atoms with Crippen molar-refractivity contribution in [1.29, 1.82) is 0 Å². The van der Waals surface area contributed by atoms with Crippen molar-refractivity contribution in [3.05, 3.63) is 10.7 Å². The van der Waals surface area contributed by atoms with Crippen molar-refractivity contribution in [2.24, 2.45) is 12.2 Å². The fourth-order valence-corrected chi connectivity index (χ4v) is 2.48. The second kappa shape index (κ2) is 2.58. The van der Waals surface area contributed by atoms with Crippen LogP contribution in [0, 0.1) is 0 Å². The van der Waals surface area contributed by atoms with Crippen molar-refractivity contribution in [2.45, 2.75) is 5.03 Å². The zero-order valence-corrected chi connectivity index (χ0v) is 8.05. The summed E-state index contributed by atoms with van der Waals surface area (Å²) in [5, 5.41) is 8.56. The lowest BCUT2D eigenvalue weighted by atomic mass is 10.7. The number of nitrogens with zero attached hydrogens (tertiary/aromatic N) is 2. The molecule has 0 aliphatic rings. The van der Waals surface area contributed by atoms with Gasteiger partial charge >= 0.3 is 0 Å². The Kier molecular flexibility index (Phi) is 2.04. The van der Waals surface area contributed by atoms with Gasteiger partial charge in [-0.2, -0.15) is 5.10 Å². The summed E-state index contributed by atoms with van der Waals surface area (Å²) in [6, 6.07) is 0. The Balaban J connectivity index is 3.45. The van der Waals surface area contributed by atoms with Crippen molar-refractivity contribution in [3.8, 4) is 0 Å². The van der Waals surface area contributed by atoms with Gasteiger partial charge in [-0.15, -0.1) is 0 Å². The highest BCUT2D eigenvalue weighted by atomic mass is 79.9. The molecule has 0 aliphatic heterocycles. The van der Waals surface area contributed by atoms with Crippen molar-refractivity contribution in [2.75, 3.05) is 0 Å². The fraction of sp³-hybridized carbons (Fsp3) is 0.250. The first-order valence-electron chi connectivity index (χ1n) is 2.63. The van der Waals surface area contributed by atoms with Gasteiger partial charge in [-0.3, -0.25) is 4.68 Å². The van der Waals surface area contributed by atoms with E-state index in [0.717, 1.165) is 0 Å². The number of hydrogen-bond acceptors (Lipinski definition) is 3. The van der Waals surface area contributed by atoms with Crippen LogP contribution in [0.25, 0.3) is 0 Å². The Bertz CT molecular complexity index is 349. The molecule has 0 fully saturated rings. The van der Waals surface area contributed by atoms with Crippen LogP contribution in [-0.4, -0.2) is 18.2 Å². The Labute approximate surface area is 72.4 Å². The van der Waals surface area contributed by atoms with E-state index < -0.39 is 10.0 Å². The van der Waals surface area contributed by atoms with Gasteiger partial charge in [-0.05, 0) is 15.9 Å². The minimum Gasteiger partial charge on any atom is -0.255 e. The third-order valence-electron chi connectivity index (χ3n) is 1.11. The molecule has 0 spiro atoms. The van der Waals surface area contributed by atoms with Gasteiger partial charge in [0.1, 0.15) is 0 Å². The molecule has 0 atom stereocenters. The molecule has 62 valence electrons. The summed E-state index contributed by atoms with van der Waals surface area (Å²) in [6.07, 6.45) is 1.37. The highest BCUT2D eigenvalue weighted by Gasteiger charge is 2.16. The third-order valence-corrected chi connectivity index (χ3v) is 2.98. The number of nitrogens with two attached hydrogens (primary N) is 1. The van der Waals surface area contributed by atoms with Crippen molar-refractivity contribution in [1.82, 2.24) is 9.78 Å². The Morgan fingerprint density at radius 1 is 1.73 bits per heavy atom. The molecule has 2 N–H and O–H groups in total. The number of hydrogen-bond donors (Lipinski definition) is 1. The van der Waals surface area contributed by atoms with Gasteiger partial charge in [0.05, 0.1) is 10.7 Å². The van der Waals surface area contributed by atoms with E-state index >= 15 is 0 Å². The first kappa shape index (κ1) is 8.69. The Hall–Kier alpha value is -0.400. The van der Waals surface area contributed by atoms with Crippen LogP contribution >= 0.6 is 15.9 Å². The van der Waals surface area contributed by atoms with Crippen LogP contribution in [0.15, 0.2) is 15.7 Å². The highest BCUT2D eigenvalue weighted by Crippen LogP contribution is 2.18. The zero-order chi connectivity index (χ0) is 8.65. The average Bonchev–Trinajstić information content (AvgIpc) is 2.08. The molecular weight excluding hydrogens is 234 g/mol. The SMILES string of the molecule is Cn1ncc(Br)c1S(N)(=O)=O. The lowest BCUT2D eigenvalue weighted by molar-refractivity contribution is 0.577. The molecule has 0 amide bonds. The van der Waals surface area contributed by atoms with Crippen LogP contribution in [-0.2, 0) is 17.1 Å². The summed E-state index contributed by atoms with van der Waals surface area (Å²) in [4.78, 5) is 0. The fourth-order valence-electron chi connectivity index (χ4n) is 0.720. The topological polar surface area (TPSA) is 78.0 Å². The van der Waals surface area contributed by atoms with Gasteiger partial charge in [-0.1, -0.05) is 0 Å². The van der Waals surface area contributed by atoms with E-state index in [-0.39, 0.29) is 5.03 Å². The number of sulfonamides is 1. The first-order chi connectivity index (χ1) is 4.93. The summed E-state index contributed by atoms with van der Waals surface area (Å²) >= 11 is 3.01. The largest absolute Gasteiger partial charge is 0.256 e. The molecule has 1 heterocycles. The van der Waals surface area contributed by atoms with Gasteiger partial charge < -0.3 is 0 Å². The van der Waals surface area contributed by atoms with Crippen LogP contribution < -0.4 is 5.14 Å². The maximum absolute atomic E-state index is 10.8. The van der Waals surface area contributed by atoms with E-state index in [1.54, 1.807) is 0 Å². The second-order valence-electron chi connectivity index (χ2n) is 1.97. The molecule has 0 bridgehead atoms. The average molecular weight is 240 g/mol. The van der Waals surface area contributed by atoms with Crippen LogP contribution in [0.2, 0.25) is 0 Å². The lowest BCUT2D eigenvalue weighted by Gasteiger charge is -1.97. The molecule has 1 rings (SSSR count). The first-order valence-corrected chi connectivity index (χ1v) is 4.97. The van der Waals surface area contributed by atoms with Crippen LogP contribution in [0.3, 0.4) is 0 Å². The smallest absolute Gasteiger partial charge is 0.255 e. The number of primary sulfonamides is 1. The van der Waals surface area contributed by atoms with Crippen LogP contribution in [0.4, 0.5) is 0 Å². The van der Waals surface area contributed by atoms with E-state index in [4.69, 9.17) is 5.14 Å². The second-order valence-corrected chi connectivity index (χ2v) is 4.30. The summed E-state index contributed by atoms with van der Waals surface area (Å²) < 4.78 is 23.2. The maximum atomic E-state index is 10.8. The minimum absolute atomic E-state index is 0.0162. The van der Waals surface area contributed by atoms with E-state index in [1.807, 2.05) is 0 Å². The van der Waals surface area contributed by atoms with Gasteiger partial charge in [-0.25, -0.2) is 13.6 Å². The van der Waals surface area contributed by atoms with Crippen LogP contribution in [0.1, 0.15) is 0 Å². The maximum Gasteiger partial charge on any atom is 0.256 e. The zero-order valence-electron chi connectivity index (χ0n) is 5.65. The molecule has 0 radical (unpaired) electrons. The molecule has 1 aromatic heterocycles. The van der Waals surface area contributed by atoms with Crippen molar-refractivity contribution >= 4 is 26.0 Å². The van der Waals surface area contributed by atoms with E-state index in [9.17, 15) is 8.42 Å². The number of aromatic nitrogens is 2. The molecule has 11 heavy (non-hydrogen) atoms. The summed E-state index contributed by atoms with van der Waals surface area (Å²) in [6.45, 7) is 0. The van der Waals surface area contributed by atoms with Crippen molar-refractivity contribution in [3.63, 3.8) is 0 Å². The van der Waals surface area contributed by atoms with E-state index in [1.165, 1.54) is 17.9 Å². The van der Waals surface area contributed by atoms with E-state index in [0.29, 0.717) is 4.47 Å². The number of rotatable bonds is 1. The number of aryl methyl sites for hydroxylation is 1.